The zero-order chi connectivity index (χ0) is 8.10. The maximum atomic E-state index is 5.83. The molecule has 12 heavy (non-hydrogen) atoms. The van der Waals surface area contributed by atoms with Gasteiger partial charge in [0.25, 0.3) is 0 Å². The standard InChI is InChI=1S/C10H21N.ClH/c1-2-3-4-9-5-7-10(11)8-6-9;/h9-10H,2-8,11H2,1H3;1H. The summed E-state index contributed by atoms with van der Waals surface area (Å²) < 4.78 is 0. The van der Waals surface area contributed by atoms with Crippen molar-refractivity contribution in [1.82, 2.24) is 0 Å². The van der Waals surface area contributed by atoms with Crippen LogP contribution in [-0.2, 0) is 0 Å². The molecule has 0 atom stereocenters. The molecule has 1 saturated carbocycles. The number of rotatable bonds is 3. The highest BCUT2D eigenvalue weighted by atomic mass is 35.5. The smallest absolute Gasteiger partial charge is 0.00390 e. The molecule has 0 spiro atoms. The highest BCUT2D eigenvalue weighted by molar-refractivity contribution is 5.85. The van der Waals surface area contributed by atoms with E-state index in [1.54, 1.807) is 0 Å². The van der Waals surface area contributed by atoms with Gasteiger partial charge in [0.1, 0.15) is 0 Å². The molecule has 0 aromatic rings. The van der Waals surface area contributed by atoms with Crippen LogP contribution in [0.15, 0.2) is 0 Å². The monoisotopic (exact) mass is 191 g/mol. The van der Waals surface area contributed by atoms with Crippen molar-refractivity contribution in [2.24, 2.45) is 11.7 Å². The van der Waals surface area contributed by atoms with Crippen molar-refractivity contribution in [1.29, 1.82) is 0 Å². The quantitative estimate of drug-likeness (QED) is 0.729. The Morgan fingerprint density at radius 2 is 1.75 bits per heavy atom. The predicted octanol–water partition coefficient (Wildman–Crippen LogP) is 3.12. The second-order valence-electron chi connectivity index (χ2n) is 3.92. The van der Waals surface area contributed by atoms with Gasteiger partial charge in [-0.15, -0.1) is 12.4 Å². The summed E-state index contributed by atoms with van der Waals surface area (Å²) in [4.78, 5) is 0. The van der Waals surface area contributed by atoms with Crippen molar-refractivity contribution in [3.63, 3.8) is 0 Å². The van der Waals surface area contributed by atoms with Crippen molar-refractivity contribution in [3.8, 4) is 0 Å². The minimum atomic E-state index is 0. The summed E-state index contributed by atoms with van der Waals surface area (Å²) in [5, 5.41) is 0. The van der Waals surface area contributed by atoms with Gasteiger partial charge in [-0.1, -0.05) is 26.2 Å². The second kappa shape index (κ2) is 6.73. The molecule has 1 rings (SSSR count). The van der Waals surface area contributed by atoms with Crippen LogP contribution < -0.4 is 5.73 Å². The third-order valence-electron chi connectivity index (χ3n) is 2.86. The van der Waals surface area contributed by atoms with Gasteiger partial charge in [0, 0.05) is 6.04 Å². The third-order valence-corrected chi connectivity index (χ3v) is 2.86. The fourth-order valence-electron chi connectivity index (χ4n) is 1.97. The molecule has 0 amide bonds. The Kier molecular flexibility index (Phi) is 6.87. The van der Waals surface area contributed by atoms with E-state index in [2.05, 4.69) is 6.92 Å². The van der Waals surface area contributed by atoms with E-state index in [-0.39, 0.29) is 12.4 Å². The molecule has 0 aromatic carbocycles. The van der Waals surface area contributed by atoms with E-state index in [4.69, 9.17) is 5.73 Å². The van der Waals surface area contributed by atoms with Crippen molar-refractivity contribution < 1.29 is 0 Å². The molecule has 1 nitrogen and oxygen atoms in total. The lowest BCUT2D eigenvalue weighted by molar-refractivity contribution is 0.305. The highest BCUT2D eigenvalue weighted by Gasteiger charge is 2.17. The van der Waals surface area contributed by atoms with Gasteiger partial charge < -0.3 is 5.73 Å². The minimum Gasteiger partial charge on any atom is -0.328 e. The van der Waals surface area contributed by atoms with Gasteiger partial charge in [0.15, 0.2) is 0 Å². The minimum absolute atomic E-state index is 0. The van der Waals surface area contributed by atoms with Crippen LogP contribution in [0.3, 0.4) is 0 Å². The highest BCUT2D eigenvalue weighted by Crippen LogP contribution is 2.27. The lowest BCUT2D eigenvalue weighted by atomic mass is 9.83. The Balaban J connectivity index is 0.00000121. The van der Waals surface area contributed by atoms with E-state index in [9.17, 15) is 0 Å². The fourth-order valence-corrected chi connectivity index (χ4v) is 1.97. The first-order chi connectivity index (χ1) is 5.33. The van der Waals surface area contributed by atoms with Crippen molar-refractivity contribution in [2.75, 3.05) is 0 Å². The normalized spacial score (nSPS) is 29.5. The topological polar surface area (TPSA) is 26.0 Å². The van der Waals surface area contributed by atoms with Gasteiger partial charge in [-0.3, -0.25) is 0 Å². The van der Waals surface area contributed by atoms with Crippen molar-refractivity contribution >= 4 is 12.4 Å². The lowest BCUT2D eigenvalue weighted by Crippen LogP contribution is -2.26. The van der Waals surface area contributed by atoms with Gasteiger partial charge in [-0.2, -0.15) is 0 Å². The molecule has 74 valence electrons. The molecular weight excluding hydrogens is 170 g/mol. The molecule has 2 heteroatoms. The first kappa shape index (κ1) is 12.2. The number of unbranched alkanes of at least 4 members (excludes halogenated alkanes) is 1. The molecule has 1 aliphatic rings. The van der Waals surface area contributed by atoms with E-state index in [1.165, 1.54) is 44.9 Å². The predicted molar refractivity (Wildman–Crippen MR) is 56.7 cm³/mol. The average molecular weight is 192 g/mol. The first-order valence-corrected chi connectivity index (χ1v) is 5.08. The molecule has 0 aromatic heterocycles. The van der Waals surface area contributed by atoms with Crippen LogP contribution in [-0.4, -0.2) is 6.04 Å². The second-order valence-corrected chi connectivity index (χ2v) is 3.92. The molecule has 0 radical (unpaired) electrons. The summed E-state index contributed by atoms with van der Waals surface area (Å²) in [6.07, 6.45) is 9.54. The first-order valence-electron chi connectivity index (χ1n) is 5.08. The third kappa shape index (κ3) is 4.32. The van der Waals surface area contributed by atoms with Crippen molar-refractivity contribution in [2.45, 2.75) is 57.9 Å². The number of halogens is 1. The van der Waals surface area contributed by atoms with Crippen LogP contribution >= 0.6 is 12.4 Å². The van der Waals surface area contributed by atoms with Gasteiger partial charge in [-0.05, 0) is 31.6 Å². The lowest BCUT2D eigenvalue weighted by Gasteiger charge is -2.25. The number of hydrogen-bond donors (Lipinski definition) is 1. The summed E-state index contributed by atoms with van der Waals surface area (Å²) in [6.45, 7) is 2.27. The zero-order valence-electron chi connectivity index (χ0n) is 8.09. The van der Waals surface area contributed by atoms with Crippen LogP contribution in [0.25, 0.3) is 0 Å². The summed E-state index contributed by atoms with van der Waals surface area (Å²) in [5.74, 6) is 1.01. The van der Waals surface area contributed by atoms with E-state index in [0.29, 0.717) is 6.04 Å². The van der Waals surface area contributed by atoms with Gasteiger partial charge in [0.2, 0.25) is 0 Å². The van der Waals surface area contributed by atoms with Crippen LogP contribution in [0.1, 0.15) is 51.9 Å². The maximum Gasteiger partial charge on any atom is 0.00390 e. The summed E-state index contributed by atoms with van der Waals surface area (Å²) >= 11 is 0. The molecule has 0 heterocycles. The summed E-state index contributed by atoms with van der Waals surface area (Å²) in [7, 11) is 0. The van der Waals surface area contributed by atoms with Crippen LogP contribution in [0.2, 0.25) is 0 Å². The molecule has 1 fully saturated rings. The SMILES string of the molecule is CCCCC1CCC(N)CC1.Cl. The molecule has 0 aliphatic heterocycles. The summed E-state index contributed by atoms with van der Waals surface area (Å²) in [5.41, 5.74) is 5.83. The van der Waals surface area contributed by atoms with Crippen molar-refractivity contribution in [3.05, 3.63) is 0 Å². The molecule has 0 saturated heterocycles. The largest absolute Gasteiger partial charge is 0.328 e. The van der Waals surface area contributed by atoms with Crippen LogP contribution in [0, 0.1) is 5.92 Å². The molecular formula is C10H22ClN. The van der Waals surface area contributed by atoms with E-state index >= 15 is 0 Å². The molecule has 2 N–H and O–H groups in total. The number of hydrogen-bond acceptors (Lipinski definition) is 1. The molecule has 0 bridgehead atoms. The molecule has 0 unspecified atom stereocenters. The maximum absolute atomic E-state index is 5.83. The van der Waals surface area contributed by atoms with Gasteiger partial charge >= 0.3 is 0 Å². The van der Waals surface area contributed by atoms with E-state index in [0.717, 1.165) is 5.92 Å². The fraction of sp³-hybridized carbons (Fsp3) is 1.00. The Bertz CT molecular complexity index is 95.3. The van der Waals surface area contributed by atoms with Crippen LogP contribution in [0.5, 0.6) is 0 Å². The number of nitrogens with two attached hydrogens (primary N) is 1. The van der Waals surface area contributed by atoms with Crippen LogP contribution in [0.4, 0.5) is 0 Å². The van der Waals surface area contributed by atoms with Gasteiger partial charge in [-0.25, -0.2) is 0 Å². The van der Waals surface area contributed by atoms with Gasteiger partial charge in [0.05, 0.1) is 0 Å². The van der Waals surface area contributed by atoms with E-state index in [1.807, 2.05) is 0 Å². The Morgan fingerprint density at radius 3 is 2.25 bits per heavy atom. The Hall–Kier alpha value is 0.250. The molecule has 1 aliphatic carbocycles. The Morgan fingerprint density at radius 1 is 1.17 bits per heavy atom. The summed E-state index contributed by atoms with van der Waals surface area (Å²) in [6, 6.07) is 0.521. The zero-order valence-corrected chi connectivity index (χ0v) is 8.91. The average Bonchev–Trinajstić information content (AvgIpc) is 2.04. The Labute approximate surface area is 82.5 Å². The van der Waals surface area contributed by atoms with E-state index < -0.39 is 0 Å².